The van der Waals surface area contributed by atoms with E-state index in [1.54, 1.807) is 22.7 Å². The minimum atomic E-state index is -0.262. The van der Waals surface area contributed by atoms with E-state index in [0.717, 1.165) is 11.3 Å². The molecule has 0 fully saturated rings. The van der Waals surface area contributed by atoms with Crippen LogP contribution in [0.2, 0.25) is 0 Å². The fourth-order valence-electron chi connectivity index (χ4n) is 2.91. The third kappa shape index (κ3) is 3.29. The lowest BCUT2D eigenvalue weighted by Gasteiger charge is -2.15. The van der Waals surface area contributed by atoms with Crippen LogP contribution in [0.25, 0.3) is 16.9 Å². The van der Waals surface area contributed by atoms with Gasteiger partial charge in [-0.15, -0.1) is 5.10 Å². The van der Waals surface area contributed by atoms with E-state index in [1.165, 1.54) is 18.5 Å². The summed E-state index contributed by atoms with van der Waals surface area (Å²) in [4.78, 5) is 13.1. The Bertz CT molecular complexity index is 1100. The second-order valence-electron chi connectivity index (χ2n) is 6.30. The molecule has 27 heavy (non-hydrogen) atoms. The fourth-order valence-corrected chi connectivity index (χ4v) is 2.91. The number of aryl methyl sites for hydroxylation is 1. The highest BCUT2D eigenvalue weighted by molar-refractivity contribution is 5.85. The van der Waals surface area contributed by atoms with Crippen molar-refractivity contribution in [1.29, 1.82) is 0 Å². The fraction of sp³-hybridized carbons (Fsp3) is 0.158. The maximum atomic E-state index is 13.1. The first-order valence-corrected chi connectivity index (χ1v) is 8.47. The van der Waals surface area contributed by atoms with Crippen molar-refractivity contribution in [2.24, 2.45) is 0 Å². The van der Waals surface area contributed by atoms with Crippen LogP contribution in [0.15, 0.2) is 48.9 Å². The number of rotatable bonds is 4. The number of nitrogens with zero attached hydrogens (tertiary/aromatic N) is 5. The van der Waals surface area contributed by atoms with Gasteiger partial charge < -0.3 is 11.1 Å². The molecule has 0 aliphatic carbocycles. The third-order valence-corrected chi connectivity index (χ3v) is 4.31. The van der Waals surface area contributed by atoms with Crippen molar-refractivity contribution in [3.8, 4) is 11.3 Å². The quantitative estimate of drug-likeness (QED) is 0.577. The summed E-state index contributed by atoms with van der Waals surface area (Å²) in [5.41, 5.74) is 9.85. The van der Waals surface area contributed by atoms with Gasteiger partial charge in [0.05, 0.1) is 11.3 Å². The topological polar surface area (TPSA) is 94.0 Å². The summed E-state index contributed by atoms with van der Waals surface area (Å²) in [5, 5.41) is 7.59. The molecule has 136 valence electrons. The molecule has 3 heterocycles. The Morgan fingerprint density at radius 2 is 1.93 bits per heavy atom. The summed E-state index contributed by atoms with van der Waals surface area (Å²) >= 11 is 0. The number of aromatic nitrogens is 5. The normalized spacial score (nSPS) is 12.3. The molecule has 0 unspecified atom stereocenters. The highest BCUT2D eigenvalue weighted by atomic mass is 19.1. The SMILES string of the molecule is Cc1ccn2nc(N)c(-c3cc(N[C@@H](C)c4ccc(F)cc4)ncn3)c2n1. The zero-order valence-corrected chi connectivity index (χ0v) is 14.9. The number of fused-ring (bicyclic) bond motifs is 1. The first-order chi connectivity index (χ1) is 13.0. The predicted molar refractivity (Wildman–Crippen MR) is 102 cm³/mol. The average molecular weight is 363 g/mol. The van der Waals surface area contributed by atoms with Crippen LogP contribution in [0.5, 0.6) is 0 Å². The summed E-state index contributed by atoms with van der Waals surface area (Å²) in [6.45, 7) is 3.88. The predicted octanol–water partition coefficient (Wildman–Crippen LogP) is 3.39. The van der Waals surface area contributed by atoms with Gasteiger partial charge in [-0.3, -0.25) is 0 Å². The van der Waals surface area contributed by atoms with Crippen LogP contribution in [0.1, 0.15) is 24.2 Å². The van der Waals surface area contributed by atoms with Crippen LogP contribution < -0.4 is 11.1 Å². The number of halogens is 1. The molecule has 3 N–H and O–H groups in total. The lowest BCUT2D eigenvalue weighted by Crippen LogP contribution is -2.08. The molecule has 0 amide bonds. The molecule has 0 aliphatic heterocycles. The van der Waals surface area contributed by atoms with Crippen LogP contribution in [-0.4, -0.2) is 24.6 Å². The maximum absolute atomic E-state index is 13.1. The maximum Gasteiger partial charge on any atom is 0.166 e. The number of nitrogens with one attached hydrogen (secondary N) is 1. The van der Waals surface area contributed by atoms with Gasteiger partial charge in [0.25, 0.3) is 0 Å². The Morgan fingerprint density at radius 1 is 1.15 bits per heavy atom. The van der Waals surface area contributed by atoms with Crippen molar-refractivity contribution in [2.75, 3.05) is 11.1 Å². The van der Waals surface area contributed by atoms with Crippen molar-refractivity contribution in [1.82, 2.24) is 24.6 Å². The van der Waals surface area contributed by atoms with E-state index in [0.29, 0.717) is 28.5 Å². The van der Waals surface area contributed by atoms with Crippen molar-refractivity contribution in [2.45, 2.75) is 19.9 Å². The summed E-state index contributed by atoms with van der Waals surface area (Å²) in [6.07, 6.45) is 3.28. The summed E-state index contributed by atoms with van der Waals surface area (Å²) in [7, 11) is 0. The first-order valence-electron chi connectivity index (χ1n) is 8.47. The van der Waals surface area contributed by atoms with E-state index < -0.39 is 0 Å². The van der Waals surface area contributed by atoms with Gasteiger partial charge in [0.15, 0.2) is 11.5 Å². The number of hydrogen-bond donors (Lipinski definition) is 2. The number of hydrogen-bond acceptors (Lipinski definition) is 6. The van der Waals surface area contributed by atoms with Crippen molar-refractivity contribution < 1.29 is 4.39 Å². The smallest absolute Gasteiger partial charge is 0.166 e. The van der Waals surface area contributed by atoms with Gasteiger partial charge in [-0.2, -0.15) is 0 Å². The van der Waals surface area contributed by atoms with Crippen LogP contribution in [0.4, 0.5) is 16.0 Å². The largest absolute Gasteiger partial charge is 0.382 e. The summed E-state index contributed by atoms with van der Waals surface area (Å²) in [6, 6.07) is 9.96. The molecule has 0 aliphatic rings. The lowest BCUT2D eigenvalue weighted by atomic mass is 10.1. The number of nitrogen functional groups attached to an aromatic ring is 1. The standard InChI is InChI=1S/C19H18FN7/c1-11-7-8-27-19(24-11)17(18(21)26-27)15-9-16(23-10-22-15)25-12(2)13-3-5-14(20)6-4-13/h3-10,12H,1-2H3,(H2,21,26)(H,22,23,25)/t12-/m0/s1. The van der Waals surface area contributed by atoms with Crippen LogP contribution in [0.3, 0.4) is 0 Å². The molecular weight excluding hydrogens is 345 g/mol. The molecule has 0 saturated carbocycles. The minimum Gasteiger partial charge on any atom is -0.382 e. The van der Waals surface area contributed by atoms with E-state index in [1.807, 2.05) is 26.1 Å². The number of nitrogens with two attached hydrogens (primary N) is 1. The second-order valence-corrected chi connectivity index (χ2v) is 6.30. The Balaban J connectivity index is 1.68. The highest BCUT2D eigenvalue weighted by Crippen LogP contribution is 2.29. The van der Waals surface area contributed by atoms with Gasteiger partial charge in [-0.1, -0.05) is 12.1 Å². The summed E-state index contributed by atoms with van der Waals surface area (Å²) < 4.78 is 14.7. The van der Waals surface area contributed by atoms with E-state index in [4.69, 9.17) is 5.73 Å². The zero-order valence-electron chi connectivity index (χ0n) is 14.9. The summed E-state index contributed by atoms with van der Waals surface area (Å²) in [5.74, 6) is 0.717. The molecule has 0 bridgehead atoms. The second kappa shape index (κ2) is 6.64. The zero-order chi connectivity index (χ0) is 19.0. The Labute approximate surface area is 155 Å². The van der Waals surface area contributed by atoms with E-state index in [9.17, 15) is 4.39 Å². The van der Waals surface area contributed by atoms with E-state index in [2.05, 4.69) is 25.4 Å². The molecule has 0 radical (unpaired) electrons. The molecule has 4 rings (SSSR count). The van der Waals surface area contributed by atoms with Gasteiger partial charge in [-0.05, 0) is 37.6 Å². The van der Waals surface area contributed by atoms with E-state index in [-0.39, 0.29) is 11.9 Å². The van der Waals surface area contributed by atoms with E-state index >= 15 is 0 Å². The lowest BCUT2D eigenvalue weighted by molar-refractivity contribution is 0.626. The monoisotopic (exact) mass is 363 g/mol. The van der Waals surface area contributed by atoms with Crippen molar-refractivity contribution >= 4 is 17.3 Å². The van der Waals surface area contributed by atoms with Gasteiger partial charge in [0.2, 0.25) is 0 Å². The Hall–Kier alpha value is -3.55. The highest BCUT2D eigenvalue weighted by Gasteiger charge is 2.16. The van der Waals surface area contributed by atoms with Gasteiger partial charge >= 0.3 is 0 Å². The van der Waals surface area contributed by atoms with Crippen LogP contribution in [-0.2, 0) is 0 Å². The Morgan fingerprint density at radius 3 is 2.70 bits per heavy atom. The number of anilines is 2. The molecule has 7 nitrogen and oxygen atoms in total. The van der Waals surface area contributed by atoms with Crippen molar-refractivity contribution in [3.05, 3.63) is 66.0 Å². The van der Waals surface area contributed by atoms with Crippen LogP contribution in [0, 0.1) is 12.7 Å². The van der Waals surface area contributed by atoms with Gasteiger partial charge in [0.1, 0.15) is 18.0 Å². The third-order valence-electron chi connectivity index (χ3n) is 4.31. The number of benzene rings is 1. The van der Waals surface area contributed by atoms with Gasteiger partial charge in [0, 0.05) is 24.0 Å². The molecule has 0 saturated heterocycles. The van der Waals surface area contributed by atoms with Crippen LogP contribution >= 0.6 is 0 Å². The molecule has 3 aromatic heterocycles. The molecule has 8 heteroatoms. The molecule has 0 spiro atoms. The average Bonchev–Trinajstić information content (AvgIpc) is 2.97. The molecule has 1 aromatic carbocycles. The minimum absolute atomic E-state index is 0.0602. The van der Waals surface area contributed by atoms with Crippen molar-refractivity contribution in [3.63, 3.8) is 0 Å². The molecule has 4 aromatic rings. The van der Waals surface area contributed by atoms with Gasteiger partial charge in [-0.25, -0.2) is 23.9 Å². The molecule has 1 atom stereocenters. The molecular formula is C19H18FN7. The first kappa shape index (κ1) is 16.9. The Kier molecular flexibility index (Phi) is 4.15.